The van der Waals surface area contributed by atoms with Crippen molar-refractivity contribution in [3.05, 3.63) is 26.8 Å². The fraction of sp³-hybridized carbons (Fsp3) is 0.533. The molecule has 0 atom stereocenters. The Labute approximate surface area is 139 Å². The summed E-state index contributed by atoms with van der Waals surface area (Å²) in [4.78, 5) is 12.7. The quantitative estimate of drug-likeness (QED) is 0.741. The van der Waals surface area contributed by atoms with E-state index in [2.05, 4.69) is 40.1 Å². The molecule has 1 amide bonds. The zero-order chi connectivity index (χ0) is 14.6. The van der Waals surface area contributed by atoms with Crippen LogP contribution in [0.4, 0.5) is 5.69 Å². The molecule has 0 spiro atoms. The number of carbonyl (C=O) groups is 1. The molecule has 0 bridgehead atoms. The monoisotopic (exact) mass is 406 g/mol. The lowest BCUT2D eigenvalue weighted by atomic mass is 9.74. The van der Waals surface area contributed by atoms with Gasteiger partial charge in [0.05, 0.1) is 11.1 Å². The molecule has 0 aromatic heterocycles. The van der Waals surface area contributed by atoms with Crippen LogP contribution in [0.25, 0.3) is 0 Å². The molecule has 1 fully saturated rings. The first-order valence-corrected chi connectivity index (χ1v) is 8.50. The smallest absolute Gasteiger partial charge is 0.230 e. The molecule has 1 aromatic carbocycles. The Bertz CT molecular complexity index is 481. The molecular weight excluding hydrogens is 387 g/mol. The van der Waals surface area contributed by atoms with E-state index >= 15 is 0 Å². The van der Waals surface area contributed by atoms with Gasteiger partial charge in [0.2, 0.25) is 5.91 Å². The fourth-order valence-electron chi connectivity index (χ4n) is 2.82. The molecule has 0 saturated carbocycles. The first-order chi connectivity index (χ1) is 9.57. The standard InChI is InChI=1S/C15H20ClIN2O/c1-2-5-15(6-8-18-9-7-15)14(20)19-13-4-3-11(16)10-12(13)17/h3-4,10,18H,2,5-9H2,1H3,(H,19,20). The van der Waals surface area contributed by atoms with Gasteiger partial charge in [-0.15, -0.1) is 0 Å². The lowest BCUT2D eigenvalue weighted by molar-refractivity contribution is -0.127. The van der Waals surface area contributed by atoms with E-state index in [1.807, 2.05) is 18.2 Å². The Balaban J connectivity index is 2.15. The van der Waals surface area contributed by atoms with Crippen LogP contribution in [-0.4, -0.2) is 19.0 Å². The van der Waals surface area contributed by atoms with Gasteiger partial charge in [0.25, 0.3) is 0 Å². The maximum atomic E-state index is 12.7. The van der Waals surface area contributed by atoms with Crippen molar-refractivity contribution in [2.75, 3.05) is 18.4 Å². The summed E-state index contributed by atoms with van der Waals surface area (Å²) in [6.07, 6.45) is 3.81. The van der Waals surface area contributed by atoms with Crippen LogP contribution in [0.2, 0.25) is 5.02 Å². The van der Waals surface area contributed by atoms with Gasteiger partial charge in [-0.05, 0) is 73.1 Å². The van der Waals surface area contributed by atoms with Gasteiger partial charge in [0.1, 0.15) is 0 Å². The number of benzene rings is 1. The molecule has 2 N–H and O–H groups in total. The van der Waals surface area contributed by atoms with Gasteiger partial charge >= 0.3 is 0 Å². The van der Waals surface area contributed by atoms with Crippen molar-refractivity contribution in [3.63, 3.8) is 0 Å². The van der Waals surface area contributed by atoms with Gasteiger partial charge in [-0.25, -0.2) is 0 Å². The second kappa shape index (κ2) is 7.09. The van der Waals surface area contributed by atoms with Crippen LogP contribution in [-0.2, 0) is 4.79 Å². The highest BCUT2D eigenvalue weighted by Crippen LogP contribution is 2.36. The number of anilines is 1. The highest BCUT2D eigenvalue weighted by Gasteiger charge is 2.38. The number of hydrogen-bond donors (Lipinski definition) is 2. The van der Waals surface area contributed by atoms with E-state index < -0.39 is 0 Å². The fourth-order valence-corrected chi connectivity index (χ4v) is 3.83. The summed E-state index contributed by atoms with van der Waals surface area (Å²) in [5.41, 5.74) is 0.636. The van der Waals surface area contributed by atoms with Crippen LogP contribution < -0.4 is 10.6 Å². The van der Waals surface area contributed by atoms with Crippen LogP contribution in [0, 0.1) is 8.99 Å². The summed E-state index contributed by atoms with van der Waals surface area (Å²) in [6, 6.07) is 5.56. The third-order valence-corrected chi connectivity index (χ3v) is 5.08. The van der Waals surface area contributed by atoms with Crippen LogP contribution in [0.3, 0.4) is 0 Å². The lowest BCUT2D eigenvalue weighted by Gasteiger charge is -2.36. The highest BCUT2D eigenvalue weighted by atomic mass is 127. The van der Waals surface area contributed by atoms with Crippen molar-refractivity contribution in [2.24, 2.45) is 5.41 Å². The number of amides is 1. The number of rotatable bonds is 4. The molecule has 2 rings (SSSR count). The highest BCUT2D eigenvalue weighted by molar-refractivity contribution is 14.1. The van der Waals surface area contributed by atoms with E-state index in [1.165, 1.54) is 0 Å². The van der Waals surface area contributed by atoms with Crippen LogP contribution in [0.1, 0.15) is 32.6 Å². The van der Waals surface area contributed by atoms with E-state index in [4.69, 9.17) is 11.6 Å². The summed E-state index contributed by atoms with van der Waals surface area (Å²) in [5, 5.41) is 7.13. The zero-order valence-electron chi connectivity index (χ0n) is 11.6. The van der Waals surface area contributed by atoms with Crippen LogP contribution in [0.5, 0.6) is 0 Å². The number of piperidine rings is 1. The summed E-state index contributed by atoms with van der Waals surface area (Å²) >= 11 is 8.16. The molecule has 0 radical (unpaired) electrons. The molecule has 20 heavy (non-hydrogen) atoms. The molecule has 1 saturated heterocycles. The summed E-state index contributed by atoms with van der Waals surface area (Å²) in [6.45, 7) is 3.99. The largest absolute Gasteiger partial charge is 0.325 e. The molecule has 1 aliphatic rings. The molecule has 3 nitrogen and oxygen atoms in total. The molecule has 1 heterocycles. The lowest BCUT2D eigenvalue weighted by Crippen LogP contribution is -2.45. The molecule has 5 heteroatoms. The Morgan fingerprint density at radius 3 is 2.75 bits per heavy atom. The predicted octanol–water partition coefficient (Wildman–Crippen LogP) is 4.05. The van der Waals surface area contributed by atoms with E-state index in [-0.39, 0.29) is 11.3 Å². The van der Waals surface area contributed by atoms with Gasteiger partial charge in [-0.3, -0.25) is 4.79 Å². The zero-order valence-corrected chi connectivity index (χ0v) is 14.6. The molecular formula is C15H20ClIN2O. The second-order valence-electron chi connectivity index (χ2n) is 5.36. The van der Waals surface area contributed by atoms with Crippen molar-refractivity contribution in [1.29, 1.82) is 0 Å². The van der Waals surface area contributed by atoms with Crippen molar-refractivity contribution in [2.45, 2.75) is 32.6 Å². The molecule has 0 aliphatic carbocycles. The normalized spacial score (nSPS) is 17.8. The second-order valence-corrected chi connectivity index (χ2v) is 6.96. The average molecular weight is 407 g/mol. The first kappa shape index (κ1) is 16.0. The van der Waals surface area contributed by atoms with Gasteiger partial charge in [0, 0.05) is 8.59 Å². The maximum Gasteiger partial charge on any atom is 0.230 e. The summed E-state index contributed by atoms with van der Waals surface area (Å²) < 4.78 is 0.976. The Kier molecular flexibility index (Phi) is 5.69. The minimum atomic E-state index is -0.220. The van der Waals surface area contributed by atoms with Crippen LogP contribution >= 0.6 is 34.2 Å². The van der Waals surface area contributed by atoms with Gasteiger partial charge < -0.3 is 10.6 Å². The van der Waals surface area contributed by atoms with Crippen molar-refractivity contribution in [1.82, 2.24) is 5.32 Å². The molecule has 1 aliphatic heterocycles. The topological polar surface area (TPSA) is 41.1 Å². The minimum absolute atomic E-state index is 0.154. The average Bonchev–Trinajstić information content (AvgIpc) is 2.43. The SMILES string of the molecule is CCCC1(C(=O)Nc2ccc(Cl)cc2I)CCNCC1. The Morgan fingerprint density at radius 1 is 1.45 bits per heavy atom. The molecule has 110 valence electrons. The summed E-state index contributed by atoms with van der Waals surface area (Å²) in [7, 11) is 0. The maximum absolute atomic E-state index is 12.7. The van der Waals surface area contributed by atoms with Crippen molar-refractivity contribution >= 4 is 45.8 Å². The molecule has 1 aromatic rings. The first-order valence-electron chi connectivity index (χ1n) is 7.04. The van der Waals surface area contributed by atoms with E-state index in [0.29, 0.717) is 5.02 Å². The van der Waals surface area contributed by atoms with Crippen LogP contribution in [0.15, 0.2) is 18.2 Å². The Hall–Kier alpha value is -0.330. The van der Waals surface area contributed by atoms with E-state index in [9.17, 15) is 4.79 Å². The van der Waals surface area contributed by atoms with Gasteiger partial charge in [-0.2, -0.15) is 0 Å². The predicted molar refractivity (Wildman–Crippen MR) is 92.2 cm³/mol. The van der Waals surface area contributed by atoms with Gasteiger partial charge in [-0.1, -0.05) is 24.9 Å². The number of nitrogens with one attached hydrogen (secondary N) is 2. The number of carbonyl (C=O) groups excluding carboxylic acids is 1. The van der Waals surface area contributed by atoms with Crippen molar-refractivity contribution in [3.8, 4) is 0 Å². The number of halogens is 2. The Morgan fingerprint density at radius 2 is 2.15 bits per heavy atom. The van der Waals surface area contributed by atoms with E-state index in [0.717, 1.165) is 48.0 Å². The molecule has 0 unspecified atom stereocenters. The number of hydrogen-bond acceptors (Lipinski definition) is 2. The third kappa shape index (κ3) is 3.65. The van der Waals surface area contributed by atoms with E-state index in [1.54, 1.807) is 0 Å². The van der Waals surface area contributed by atoms with Gasteiger partial charge in [0.15, 0.2) is 0 Å². The minimum Gasteiger partial charge on any atom is -0.325 e. The summed E-state index contributed by atoms with van der Waals surface area (Å²) in [5.74, 6) is 0.154. The van der Waals surface area contributed by atoms with Crippen molar-refractivity contribution < 1.29 is 4.79 Å². The third-order valence-electron chi connectivity index (χ3n) is 3.95.